The molecule has 1 N–H and O–H groups in total. The van der Waals surface area contributed by atoms with E-state index >= 15 is 0 Å². The van der Waals surface area contributed by atoms with E-state index in [-0.39, 0.29) is 18.0 Å². The van der Waals surface area contributed by atoms with Gasteiger partial charge in [0.15, 0.2) is 5.78 Å². The zero-order valence-electron chi connectivity index (χ0n) is 13.2. The second-order valence-corrected chi connectivity index (χ2v) is 5.67. The average molecular weight is 306 g/mol. The van der Waals surface area contributed by atoms with Crippen LogP contribution < -0.4 is 4.74 Å². The van der Waals surface area contributed by atoms with Crippen LogP contribution in [0.2, 0.25) is 0 Å². The van der Waals surface area contributed by atoms with E-state index in [1.54, 1.807) is 12.1 Å². The van der Waals surface area contributed by atoms with Crippen LogP contribution in [0.3, 0.4) is 0 Å². The Morgan fingerprint density at radius 3 is 2.48 bits per heavy atom. The van der Waals surface area contributed by atoms with E-state index < -0.39 is 0 Å². The summed E-state index contributed by atoms with van der Waals surface area (Å²) in [6.45, 7) is 2.06. The van der Waals surface area contributed by atoms with Crippen LogP contribution in [-0.4, -0.2) is 18.0 Å². The summed E-state index contributed by atoms with van der Waals surface area (Å²) in [7, 11) is 1.52. The predicted octanol–water partition coefficient (Wildman–Crippen LogP) is 4.29. The second kappa shape index (κ2) is 6.13. The molecular weight excluding hydrogens is 288 g/mol. The molecule has 3 rings (SSSR count). The molecule has 0 aliphatic heterocycles. The largest absolute Gasteiger partial charge is 0.507 e. The van der Waals surface area contributed by atoms with Crippen LogP contribution in [0, 0.1) is 6.92 Å². The third kappa shape index (κ3) is 3.19. The molecule has 23 heavy (non-hydrogen) atoms. The molecule has 0 saturated carbocycles. The highest BCUT2D eigenvalue weighted by atomic mass is 16.5. The Labute approximate surface area is 135 Å². The molecule has 0 radical (unpaired) electrons. The molecule has 0 aliphatic carbocycles. The maximum Gasteiger partial charge on any atom is 0.170 e. The van der Waals surface area contributed by atoms with Crippen molar-refractivity contribution in [2.45, 2.75) is 13.3 Å². The topological polar surface area (TPSA) is 46.5 Å². The van der Waals surface area contributed by atoms with Gasteiger partial charge < -0.3 is 9.84 Å². The molecule has 3 heteroatoms. The van der Waals surface area contributed by atoms with Crippen LogP contribution in [0.25, 0.3) is 10.8 Å². The number of phenols is 1. The molecule has 0 atom stereocenters. The lowest BCUT2D eigenvalue weighted by Gasteiger charge is -2.07. The van der Waals surface area contributed by atoms with Crippen LogP contribution in [0.5, 0.6) is 11.5 Å². The van der Waals surface area contributed by atoms with E-state index in [1.165, 1.54) is 18.7 Å². The van der Waals surface area contributed by atoms with E-state index in [0.717, 1.165) is 16.3 Å². The quantitative estimate of drug-likeness (QED) is 0.731. The third-order valence-corrected chi connectivity index (χ3v) is 3.93. The number of hydrogen-bond donors (Lipinski definition) is 1. The second-order valence-electron chi connectivity index (χ2n) is 5.67. The number of ether oxygens (including phenoxy) is 1. The SMILES string of the molecule is COc1ccc(C(=O)Cc2ccc3cc(C)ccc3c2)c(O)c1. The molecule has 0 saturated heterocycles. The van der Waals surface area contributed by atoms with E-state index in [9.17, 15) is 9.90 Å². The van der Waals surface area contributed by atoms with Gasteiger partial charge in [0.2, 0.25) is 0 Å². The van der Waals surface area contributed by atoms with Crippen molar-refractivity contribution in [2.75, 3.05) is 7.11 Å². The van der Waals surface area contributed by atoms with Crippen LogP contribution in [-0.2, 0) is 6.42 Å². The zero-order valence-corrected chi connectivity index (χ0v) is 13.2. The minimum Gasteiger partial charge on any atom is -0.507 e. The molecule has 0 heterocycles. The predicted molar refractivity (Wildman–Crippen MR) is 91.4 cm³/mol. The highest BCUT2D eigenvalue weighted by Crippen LogP contribution is 2.25. The number of phenolic OH excluding ortho intramolecular Hbond substituents is 1. The van der Waals surface area contributed by atoms with Crippen molar-refractivity contribution >= 4 is 16.6 Å². The Bertz CT molecular complexity index is 881. The maximum atomic E-state index is 12.4. The van der Waals surface area contributed by atoms with E-state index in [2.05, 4.69) is 25.1 Å². The molecule has 116 valence electrons. The summed E-state index contributed by atoms with van der Waals surface area (Å²) >= 11 is 0. The lowest BCUT2D eigenvalue weighted by molar-refractivity contribution is 0.0990. The summed E-state index contributed by atoms with van der Waals surface area (Å²) in [5.74, 6) is 0.363. The van der Waals surface area contributed by atoms with Crippen molar-refractivity contribution in [2.24, 2.45) is 0 Å². The highest BCUT2D eigenvalue weighted by Gasteiger charge is 2.13. The van der Waals surface area contributed by atoms with Gasteiger partial charge >= 0.3 is 0 Å². The minimum absolute atomic E-state index is 0.0502. The molecule has 0 amide bonds. The minimum atomic E-state index is -0.114. The first-order valence-electron chi connectivity index (χ1n) is 7.46. The molecule has 3 aromatic rings. The fourth-order valence-corrected chi connectivity index (χ4v) is 2.68. The summed E-state index contributed by atoms with van der Waals surface area (Å²) in [5, 5.41) is 12.2. The Morgan fingerprint density at radius 2 is 1.74 bits per heavy atom. The van der Waals surface area contributed by atoms with E-state index in [1.807, 2.05) is 18.2 Å². The van der Waals surface area contributed by atoms with Gasteiger partial charge in [0, 0.05) is 12.5 Å². The first-order chi connectivity index (χ1) is 11.1. The molecule has 3 nitrogen and oxygen atoms in total. The normalized spacial score (nSPS) is 10.7. The number of benzene rings is 3. The molecule has 0 bridgehead atoms. The molecule has 0 aliphatic rings. The van der Waals surface area contributed by atoms with Crippen LogP contribution in [0.4, 0.5) is 0 Å². The van der Waals surface area contributed by atoms with Gasteiger partial charge in [-0.2, -0.15) is 0 Å². The third-order valence-electron chi connectivity index (χ3n) is 3.93. The molecule has 3 aromatic carbocycles. The van der Waals surface area contributed by atoms with E-state index in [4.69, 9.17) is 4.74 Å². The number of carbonyl (C=O) groups excluding carboxylic acids is 1. The molecule has 0 fully saturated rings. The van der Waals surface area contributed by atoms with Gasteiger partial charge in [-0.25, -0.2) is 0 Å². The fourth-order valence-electron chi connectivity index (χ4n) is 2.68. The average Bonchev–Trinajstić information content (AvgIpc) is 2.54. The number of ketones is 1. The molecular formula is C20H18O3. The van der Waals surface area contributed by atoms with E-state index in [0.29, 0.717) is 11.3 Å². The number of methoxy groups -OCH3 is 1. The Hall–Kier alpha value is -2.81. The number of Topliss-reactive ketones (excluding diaryl/α,β-unsaturated/α-hetero) is 1. The Kier molecular flexibility index (Phi) is 4.02. The monoisotopic (exact) mass is 306 g/mol. The standard InChI is InChI=1S/C20H18O3/c1-13-3-5-16-10-14(4-6-15(16)9-13)11-19(21)18-8-7-17(23-2)12-20(18)22/h3-10,12,22H,11H2,1-2H3. The Balaban J connectivity index is 1.86. The summed E-state index contributed by atoms with van der Waals surface area (Å²) in [5.41, 5.74) is 2.46. The molecule has 0 unspecified atom stereocenters. The van der Waals surface area contributed by atoms with Gasteiger partial charge in [0.05, 0.1) is 12.7 Å². The van der Waals surface area contributed by atoms with Crippen molar-refractivity contribution in [1.82, 2.24) is 0 Å². The van der Waals surface area contributed by atoms with Crippen molar-refractivity contribution in [3.8, 4) is 11.5 Å². The van der Waals surface area contributed by atoms with Crippen LogP contribution in [0.15, 0.2) is 54.6 Å². The summed E-state index contributed by atoms with van der Waals surface area (Å²) in [4.78, 5) is 12.4. The number of rotatable bonds is 4. The van der Waals surface area contributed by atoms with Crippen molar-refractivity contribution in [3.05, 3.63) is 71.3 Å². The van der Waals surface area contributed by atoms with Crippen molar-refractivity contribution in [1.29, 1.82) is 0 Å². The van der Waals surface area contributed by atoms with Gasteiger partial charge in [0.1, 0.15) is 11.5 Å². The van der Waals surface area contributed by atoms with Crippen LogP contribution >= 0.6 is 0 Å². The van der Waals surface area contributed by atoms with Gasteiger partial charge in [-0.1, -0.05) is 42.0 Å². The van der Waals surface area contributed by atoms with Gasteiger partial charge in [-0.3, -0.25) is 4.79 Å². The number of carbonyl (C=O) groups is 1. The summed E-state index contributed by atoms with van der Waals surface area (Å²) < 4.78 is 5.03. The molecule has 0 spiro atoms. The maximum absolute atomic E-state index is 12.4. The lowest BCUT2D eigenvalue weighted by atomic mass is 9.99. The first-order valence-corrected chi connectivity index (χ1v) is 7.46. The van der Waals surface area contributed by atoms with Gasteiger partial charge in [0.25, 0.3) is 0 Å². The number of hydrogen-bond acceptors (Lipinski definition) is 3. The van der Waals surface area contributed by atoms with Gasteiger partial charge in [-0.15, -0.1) is 0 Å². The molecule has 0 aromatic heterocycles. The summed E-state index contributed by atoms with van der Waals surface area (Å²) in [6.07, 6.45) is 0.254. The lowest BCUT2D eigenvalue weighted by Crippen LogP contribution is -2.04. The highest BCUT2D eigenvalue weighted by molar-refractivity contribution is 6.00. The van der Waals surface area contributed by atoms with Crippen molar-refractivity contribution in [3.63, 3.8) is 0 Å². The number of aryl methyl sites for hydroxylation is 1. The number of fused-ring (bicyclic) bond motifs is 1. The summed E-state index contributed by atoms with van der Waals surface area (Å²) in [6, 6.07) is 17.0. The number of aromatic hydroxyl groups is 1. The smallest absolute Gasteiger partial charge is 0.170 e. The fraction of sp³-hybridized carbons (Fsp3) is 0.150. The van der Waals surface area contributed by atoms with Crippen LogP contribution in [0.1, 0.15) is 21.5 Å². The van der Waals surface area contributed by atoms with Gasteiger partial charge in [-0.05, 0) is 35.4 Å². The zero-order chi connectivity index (χ0) is 16.4. The van der Waals surface area contributed by atoms with Crippen molar-refractivity contribution < 1.29 is 14.6 Å². The first kappa shape index (κ1) is 15.1. The Morgan fingerprint density at radius 1 is 1.00 bits per heavy atom.